The van der Waals surface area contributed by atoms with Crippen LogP contribution in [0.3, 0.4) is 0 Å². The molecule has 9 heteroatoms. The number of aliphatic hydroxyl groups excluding tert-OH is 1. The highest BCUT2D eigenvalue weighted by molar-refractivity contribution is 6.30. The van der Waals surface area contributed by atoms with Gasteiger partial charge in [0.2, 0.25) is 0 Å². The zero-order valence-electron chi connectivity index (χ0n) is 21.0. The van der Waals surface area contributed by atoms with E-state index < -0.39 is 29.2 Å². The van der Waals surface area contributed by atoms with Crippen molar-refractivity contribution < 1.29 is 24.1 Å². The van der Waals surface area contributed by atoms with Crippen LogP contribution in [0.1, 0.15) is 65.0 Å². The number of halogens is 2. The molecule has 0 bridgehead atoms. The molecular weight excluding hydrogens is 509 g/mol. The molecule has 1 fully saturated rings. The summed E-state index contributed by atoms with van der Waals surface area (Å²) in [5.41, 5.74) is -1.31. The fourth-order valence-corrected chi connectivity index (χ4v) is 5.24. The van der Waals surface area contributed by atoms with Crippen molar-refractivity contribution in [2.24, 2.45) is 5.92 Å². The molecule has 5 rings (SSSR count). The molecule has 1 amide bonds. The molecule has 1 aliphatic heterocycles. The Balaban J connectivity index is 1.70. The van der Waals surface area contributed by atoms with E-state index in [0.29, 0.717) is 34.7 Å². The van der Waals surface area contributed by atoms with Gasteiger partial charge in [-0.3, -0.25) is 14.7 Å². The van der Waals surface area contributed by atoms with E-state index in [2.05, 4.69) is 4.98 Å². The minimum absolute atomic E-state index is 0.0353. The lowest BCUT2D eigenvalue weighted by Crippen LogP contribution is -2.48. The SMILES string of the molecule is CC(C)(O)c1cc(F)c2c(c1)C(=O)N(Cc1ccc(C#N)cn1)[C@@]2(OC[C@H]1C[C@H](O)C1)c1ccc(Cl)cc1. The van der Waals surface area contributed by atoms with Crippen molar-refractivity contribution in [3.8, 4) is 6.07 Å². The van der Waals surface area contributed by atoms with Gasteiger partial charge in [0.05, 0.1) is 47.2 Å². The van der Waals surface area contributed by atoms with Gasteiger partial charge in [0, 0.05) is 16.8 Å². The number of pyridine rings is 1. The van der Waals surface area contributed by atoms with Crippen LogP contribution in [0.2, 0.25) is 5.02 Å². The van der Waals surface area contributed by atoms with Gasteiger partial charge in [0.15, 0.2) is 5.72 Å². The zero-order valence-corrected chi connectivity index (χ0v) is 21.7. The summed E-state index contributed by atoms with van der Waals surface area (Å²) < 4.78 is 22.7. The van der Waals surface area contributed by atoms with Gasteiger partial charge < -0.3 is 14.9 Å². The topological polar surface area (TPSA) is 107 Å². The first-order chi connectivity index (χ1) is 18.0. The smallest absolute Gasteiger partial charge is 0.257 e. The van der Waals surface area contributed by atoms with Gasteiger partial charge in [-0.2, -0.15) is 5.26 Å². The Morgan fingerprint density at radius 2 is 1.95 bits per heavy atom. The Labute approximate surface area is 225 Å². The Morgan fingerprint density at radius 3 is 2.53 bits per heavy atom. The van der Waals surface area contributed by atoms with Crippen LogP contribution in [0.15, 0.2) is 54.7 Å². The fourth-order valence-electron chi connectivity index (χ4n) is 5.11. The van der Waals surface area contributed by atoms with Gasteiger partial charge in [-0.15, -0.1) is 0 Å². The van der Waals surface area contributed by atoms with Crippen molar-refractivity contribution in [2.45, 2.75) is 50.7 Å². The molecule has 2 heterocycles. The number of aromatic nitrogens is 1. The van der Waals surface area contributed by atoms with Crippen LogP contribution in [-0.4, -0.2) is 38.7 Å². The van der Waals surface area contributed by atoms with Gasteiger partial charge in [-0.1, -0.05) is 23.7 Å². The van der Waals surface area contributed by atoms with Gasteiger partial charge in [-0.25, -0.2) is 4.39 Å². The number of aliphatic hydroxyl groups is 2. The number of ether oxygens (including phenoxy) is 1. The standard InChI is InChI=1S/C29H27ClFN3O4/c1-28(2,37)20-11-24-26(25(31)12-20)29(19-4-6-21(30)7-5-19,38-16-18-9-23(35)10-18)34(27(24)36)15-22-8-3-17(13-32)14-33-22/h3-8,11-12,14,18,23,35,37H,9-10,15-16H2,1-2H3/t18-,23-,29-/m1/s1. The maximum Gasteiger partial charge on any atom is 0.257 e. The first kappa shape index (κ1) is 26.3. The summed E-state index contributed by atoms with van der Waals surface area (Å²) in [6.45, 7) is 3.19. The zero-order chi connectivity index (χ0) is 27.2. The third kappa shape index (κ3) is 4.56. The predicted octanol–water partition coefficient (Wildman–Crippen LogP) is 4.62. The number of amides is 1. The molecule has 3 aromatic rings. The van der Waals surface area contributed by atoms with Crippen LogP contribution in [0.5, 0.6) is 0 Å². The molecule has 1 atom stereocenters. The summed E-state index contributed by atoms with van der Waals surface area (Å²) in [6.07, 6.45) is 2.11. The molecule has 1 saturated carbocycles. The van der Waals surface area contributed by atoms with Crippen LogP contribution in [0.25, 0.3) is 0 Å². The number of nitriles is 1. The van der Waals surface area contributed by atoms with Crippen molar-refractivity contribution in [1.82, 2.24) is 9.88 Å². The van der Waals surface area contributed by atoms with Gasteiger partial charge in [0.1, 0.15) is 11.9 Å². The highest BCUT2D eigenvalue weighted by Crippen LogP contribution is 2.49. The van der Waals surface area contributed by atoms with Crippen LogP contribution in [-0.2, 0) is 22.6 Å². The molecule has 2 aliphatic rings. The quantitative estimate of drug-likeness (QED) is 0.457. The van der Waals surface area contributed by atoms with E-state index in [4.69, 9.17) is 21.6 Å². The summed E-state index contributed by atoms with van der Waals surface area (Å²) in [4.78, 5) is 19.8. The molecule has 0 unspecified atom stereocenters. The summed E-state index contributed by atoms with van der Waals surface area (Å²) in [6, 6.07) is 14.7. The lowest BCUT2D eigenvalue weighted by molar-refractivity contribution is -0.139. The average molecular weight is 536 g/mol. The molecule has 0 radical (unpaired) electrons. The summed E-state index contributed by atoms with van der Waals surface area (Å²) >= 11 is 6.18. The van der Waals surface area contributed by atoms with Crippen molar-refractivity contribution >= 4 is 17.5 Å². The first-order valence-electron chi connectivity index (χ1n) is 12.3. The summed E-state index contributed by atoms with van der Waals surface area (Å²) in [5, 5.41) is 30.0. The number of hydrogen-bond donors (Lipinski definition) is 2. The van der Waals surface area contributed by atoms with Crippen molar-refractivity contribution in [3.63, 3.8) is 0 Å². The second-order valence-electron chi connectivity index (χ2n) is 10.4. The maximum absolute atomic E-state index is 16.1. The minimum atomic E-state index is -1.66. The normalized spacial score (nSPS) is 22.7. The summed E-state index contributed by atoms with van der Waals surface area (Å²) in [5.74, 6) is -1.13. The molecule has 2 N–H and O–H groups in total. The molecule has 7 nitrogen and oxygen atoms in total. The van der Waals surface area contributed by atoms with Gasteiger partial charge in [0.25, 0.3) is 5.91 Å². The van der Waals surface area contributed by atoms with Crippen LogP contribution in [0, 0.1) is 23.1 Å². The van der Waals surface area contributed by atoms with Crippen LogP contribution >= 0.6 is 11.6 Å². The van der Waals surface area contributed by atoms with Crippen LogP contribution < -0.4 is 0 Å². The molecule has 2 aromatic carbocycles. The Hall–Kier alpha value is -3.35. The number of rotatable bonds is 7. The number of hydrogen-bond acceptors (Lipinski definition) is 6. The highest BCUT2D eigenvalue weighted by atomic mass is 35.5. The van der Waals surface area contributed by atoms with E-state index in [1.807, 2.05) is 6.07 Å². The third-order valence-electron chi connectivity index (χ3n) is 7.24. The Kier molecular flexibility index (Phi) is 6.74. The molecule has 196 valence electrons. The van der Waals surface area contributed by atoms with E-state index in [0.717, 1.165) is 0 Å². The fraction of sp³-hybridized carbons (Fsp3) is 0.345. The summed E-state index contributed by atoms with van der Waals surface area (Å²) in [7, 11) is 0. The van der Waals surface area contributed by atoms with E-state index in [1.165, 1.54) is 37.1 Å². The monoisotopic (exact) mass is 535 g/mol. The largest absolute Gasteiger partial charge is 0.393 e. The highest BCUT2D eigenvalue weighted by Gasteiger charge is 2.55. The van der Waals surface area contributed by atoms with Crippen molar-refractivity contribution in [2.75, 3.05) is 6.61 Å². The second-order valence-corrected chi connectivity index (χ2v) is 10.9. The molecule has 0 saturated heterocycles. The molecule has 38 heavy (non-hydrogen) atoms. The van der Waals surface area contributed by atoms with E-state index >= 15 is 4.39 Å². The third-order valence-corrected chi connectivity index (χ3v) is 7.49. The molecular formula is C29H27ClFN3O4. The molecule has 1 aromatic heterocycles. The lowest BCUT2D eigenvalue weighted by Gasteiger charge is -2.42. The average Bonchev–Trinajstić information content (AvgIpc) is 3.10. The Morgan fingerprint density at radius 1 is 1.24 bits per heavy atom. The van der Waals surface area contributed by atoms with E-state index in [9.17, 15) is 15.0 Å². The van der Waals surface area contributed by atoms with E-state index in [-0.39, 0.29) is 35.8 Å². The molecule has 0 spiro atoms. The number of benzene rings is 2. The molecule has 1 aliphatic carbocycles. The van der Waals surface area contributed by atoms with Crippen LogP contribution in [0.4, 0.5) is 4.39 Å². The predicted molar refractivity (Wildman–Crippen MR) is 137 cm³/mol. The lowest BCUT2D eigenvalue weighted by atomic mass is 9.83. The first-order valence-corrected chi connectivity index (χ1v) is 12.7. The number of carbonyl (C=O) groups is 1. The second kappa shape index (κ2) is 9.75. The number of fused-ring (bicyclic) bond motifs is 1. The maximum atomic E-state index is 16.1. The van der Waals surface area contributed by atoms with E-state index in [1.54, 1.807) is 36.4 Å². The minimum Gasteiger partial charge on any atom is -0.393 e. The van der Waals surface area contributed by atoms with Gasteiger partial charge in [-0.05, 0) is 74.6 Å². The number of carbonyl (C=O) groups excluding carboxylic acids is 1. The Bertz CT molecular complexity index is 1410. The van der Waals surface area contributed by atoms with Crippen molar-refractivity contribution in [3.05, 3.63) is 99.1 Å². The number of nitrogens with zero attached hydrogens (tertiary/aromatic N) is 3. The van der Waals surface area contributed by atoms with Gasteiger partial charge >= 0.3 is 0 Å². The van der Waals surface area contributed by atoms with Crippen molar-refractivity contribution in [1.29, 1.82) is 5.26 Å².